The van der Waals surface area contributed by atoms with E-state index in [1.165, 1.54) is 0 Å². The largest absolute Gasteiger partial charge is 0.388 e. The van der Waals surface area contributed by atoms with Crippen LogP contribution >= 0.6 is 27.5 Å². The standard InChI is InChI=1S/C16H14BrClN2O/c1-20-15-5-3-2-4-12(15)14(19-20)9-16(21)11-7-6-10(18)8-13(11)17/h2-8,16,21H,9H2,1H3. The molecular weight excluding hydrogens is 352 g/mol. The third-order valence-electron chi connectivity index (χ3n) is 3.54. The zero-order valence-electron chi connectivity index (χ0n) is 11.4. The van der Waals surface area contributed by atoms with Gasteiger partial charge in [-0.2, -0.15) is 5.10 Å². The van der Waals surface area contributed by atoms with E-state index in [0.29, 0.717) is 11.4 Å². The Kier molecular flexibility index (Phi) is 4.02. The Bertz CT molecular complexity index is 800. The molecule has 0 fully saturated rings. The summed E-state index contributed by atoms with van der Waals surface area (Å²) in [4.78, 5) is 0. The van der Waals surface area contributed by atoms with Gasteiger partial charge < -0.3 is 5.11 Å². The number of aliphatic hydroxyl groups excluding tert-OH is 1. The van der Waals surface area contributed by atoms with E-state index in [1.807, 2.05) is 42.1 Å². The monoisotopic (exact) mass is 364 g/mol. The van der Waals surface area contributed by atoms with Gasteiger partial charge in [0.1, 0.15) is 0 Å². The summed E-state index contributed by atoms with van der Waals surface area (Å²) in [6.45, 7) is 0. The maximum absolute atomic E-state index is 10.5. The summed E-state index contributed by atoms with van der Waals surface area (Å²) in [6.07, 6.45) is -0.170. The van der Waals surface area contributed by atoms with Crippen LogP contribution in [0, 0.1) is 0 Å². The van der Waals surface area contributed by atoms with Gasteiger partial charge in [0.25, 0.3) is 0 Å². The molecule has 21 heavy (non-hydrogen) atoms. The van der Waals surface area contributed by atoms with E-state index in [2.05, 4.69) is 21.0 Å². The third-order valence-corrected chi connectivity index (χ3v) is 4.46. The highest BCUT2D eigenvalue weighted by Gasteiger charge is 2.16. The quantitative estimate of drug-likeness (QED) is 0.753. The number of rotatable bonds is 3. The van der Waals surface area contributed by atoms with Crippen molar-refractivity contribution in [1.29, 1.82) is 0 Å². The van der Waals surface area contributed by atoms with Crippen LogP contribution in [0.1, 0.15) is 17.4 Å². The van der Waals surface area contributed by atoms with Crippen molar-refractivity contribution in [3.8, 4) is 0 Å². The second-order valence-corrected chi connectivity index (χ2v) is 6.26. The number of nitrogens with zero attached hydrogens (tertiary/aromatic N) is 2. The van der Waals surface area contributed by atoms with E-state index < -0.39 is 6.10 Å². The normalized spacial score (nSPS) is 12.8. The first-order chi connectivity index (χ1) is 10.1. The minimum absolute atomic E-state index is 0.460. The molecular formula is C16H14BrClN2O. The van der Waals surface area contributed by atoms with Gasteiger partial charge in [-0.15, -0.1) is 0 Å². The molecule has 1 unspecified atom stereocenters. The fraction of sp³-hybridized carbons (Fsp3) is 0.188. The van der Waals surface area contributed by atoms with E-state index in [0.717, 1.165) is 26.6 Å². The van der Waals surface area contributed by atoms with Crippen LogP contribution in [-0.4, -0.2) is 14.9 Å². The van der Waals surface area contributed by atoms with Crippen molar-refractivity contribution in [2.24, 2.45) is 7.05 Å². The van der Waals surface area contributed by atoms with Crippen molar-refractivity contribution in [2.45, 2.75) is 12.5 Å². The Hall–Kier alpha value is -1.36. The number of hydrogen-bond donors (Lipinski definition) is 1. The Morgan fingerprint density at radius 3 is 2.81 bits per heavy atom. The van der Waals surface area contributed by atoms with Crippen LogP contribution in [0.25, 0.3) is 10.9 Å². The molecule has 0 bridgehead atoms. The maximum atomic E-state index is 10.5. The molecule has 1 heterocycles. The average molecular weight is 366 g/mol. The van der Waals surface area contributed by atoms with Gasteiger partial charge in [0.05, 0.1) is 17.3 Å². The average Bonchev–Trinajstić information content (AvgIpc) is 2.76. The summed E-state index contributed by atoms with van der Waals surface area (Å²) in [5.41, 5.74) is 2.77. The molecule has 3 nitrogen and oxygen atoms in total. The summed E-state index contributed by atoms with van der Waals surface area (Å²) < 4.78 is 2.65. The molecule has 108 valence electrons. The highest BCUT2D eigenvalue weighted by Crippen LogP contribution is 2.30. The van der Waals surface area contributed by atoms with Gasteiger partial charge in [-0.1, -0.05) is 51.8 Å². The summed E-state index contributed by atoms with van der Waals surface area (Å²) in [6, 6.07) is 13.4. The van der Waals surface area contributed by atoms with Gasteiger partial charge in [-0.05, 0) is 23.8 Å². The minimum atomic E-state index is -0.630. The second kappa shape index (κ2) is 5.79. The van der Waals surface area contributed by atoms with E-state index >= 15 is 0 Å². The summed E-state index contributed by atoms with van der Waals surface area (Å²) in [5.74, 6) is 0. The van der Waals surface area contributed by atoms with Crippen molar-refractivity contribution < 1.29 is 5.11 Å². The van der Waals surface area contributed by atoms with Crippen LogP contribution in [0.2, 0.25) is 5.02 Å². The Morgan fingerprint density at radius 2 is 2.05 bits per heavy atom. The predicted molar refractivity (Wildman–Crippen MR) is 88.5 cm³/mol. The zero-order chi connectivity index (χ0) is 15.0. The molecule has 0 saturated carbocycles. The molecule has 0 aliphatic carbocycles. The Balaban J connectivity index is 1.94. The molecule has 1 atom stereocenters. The molecule has 3 rings (SSSR count). The van der Waals surface area contributed by atoms with Crippen molar-refractivity contribution in [1.82, 2.24) is 9.78 Å². The first-order valence-corrected chi connectivity index (χ1v) is 7.77. The van der Waals surface area contributed by atoms with Crippen LogP contribution in [-0.2, 0) is 13.5 Å². The molecule has 2 aromatic carbocycles. The zero-order valence-corrected chi connectivity index (χ0v) is 13.8. The number of halogens is 2. The van der Waals surface area contributed by atoms with E-state index in [-0.39, 0.29) is 0 Å². The molecule has 0 aliphatic rings. The highest BCUT2D eigenvalue weighted by molar-refractivity contribution is 9.10. The lowest BCUT2D eigenvalue weighted by atomic mass is 10.0. The highest BCUT2D eigenvalue weighted by atomic mass is 79.9. The molecule has 5 heteroatoms. The van der Waals surface area contributed by atoms with E-state index in [9.17, 15) is 5.11 Å². The fourth-order valence-electron chi connectivity index (χ4n) is 2.50. The van der Waals surface area contributed by atoms with Crippen molar-refractivity contribution in [3.63, 3.8) is 0 Å². The van der Waals surface area contributed by atoms with Crippen LogP contribution < -0.4 is 0 Å². The molecule has 0 saturated heterocycles. The Labute approximate surface area is 136 Å². The minimum Gasteiger partial charge on any atom is -0.388 e. The number of benzene rings is 2. The number of fused-ring (bicyclic) bond motifs is 1. The first kappa shape index (κ1) is 14.6. The molecule has 0 amide bonds. The van der Waals surface area contributed by atoms with Crippen LogP contribution in [0.3, 0.4) is 0 Å². The molecule has 3 aromatic rings. The number of aliphatic hydroxyl groups is 1. The van der Waals surface area contributed by atoms with Gasteiger partial charge in [-0.25, -0.2) is 0 Å². The first-order valence-electron chi connectivity index (χ1n) is 6.60. The van der Waals surface area contributed by atoms with E-state index in [1.54, 1.807) is 12.1 Å². The van der Waals surface area contributed by atoms with Crippen molar-refractivity contribution in [3.05, 3.63) is 63.2 Å². The predicted octanol–water partition coefficient (Wildman–Crippen LogP) is 4.27. The Morgan fingerprint density at radius 1 is 1.29 bits per heavy atom. The fourth-order valence-corrected chi connectivity index (χ4v) is 3.45. The smallest absolute Gasteiger partial charge is 0.0857 e. The summed E-state index contributed by atoms with van der Waals surface area (Å²) >= 11 is 9.38. The number of aromatic nitrogens is 2. The number of hydrogen-bond acceptors (Lipinski definition) is 2. The van der Waals surface area contributed by atoms with Gasteiger partial charge in [0.15, 0.2) is 0 Å². The van der Waals surface area contributed by atoms with Crippen LogP contribution in [0.5, 0.6) is 0 Å². The molecule has 0 spiro atoms. The van der Waals surface area contributed by atoms with Gasteiger partial charge in [0.2, 0.25) is 0 Å². The summed E-state index contributed by atoms with van der Waals surface area (Å²) in [5, 5.41) is 16.7. The van der Waals surface area contributed by atoms with E-state index in [4.69, 9.17) is 11.6 Å². The lowest BCUT2D eigenvalue weighted by Gasteiger charge is -2.12. The molecule has 1 aromatic heterocycles. The second-order valence-electron chi connectivity index (χ2n) is 4.97. The molecule has 1 N–H and O–H groups in total. The van der Waals surface area contributed by atoms with Gasteiger partial charge in [0, 0.05) is 28.4 Å². The number of aryl methyl sites for hydroxylation is 1. The molecule has 0 aliphatic heterocycles. The maximum Gasteiger partial charge on any atom is 0.0857 e. The number of para-hydroxylation sites is 1. The third kappa shape index (κ3) is 2.84. The van der Waals surface area contributed by atoms with Gasteiger partial charge >= 0.3 is 0 Å². The lowest BCUT2D eigenvalue weighted by Crippen LogP contribution is -2.04. The van der Waals surface area contributed by atoms with Gasteiger partial charge in [-0.3, -0.25) is 4.68 Å². The SMILES string of the molecule is Cn1nc(CC(O)c2ccc(Cl)cc2Br)c2ccccc21. The lowest BCUT2D eigenvalue weighted by molar-refractivity contribution is 0.176. The van der Waals surface area contributed by atoms with Crippen LogP contribution in [0.4, 0.5) is 0 Å². The van der Waals surface area contributed by atoms with Crippen molar-refractivity contribution >= 4 is 38.4 Å². The van der Waals surface area contributed by atoms with Crippen molar-refractivity contribution in [2.75, 3.05) is 0 Å². The topological polar surface area (TPSA) is 38.0 Å². The summed E-state index contributed by atoms with van der Waals surface area (Å²) in [7, 11) is 1.91. The van der Waals surface area contributed by atoms with Crippen LogP contribution in [0.15, 0.2) is 46.9 Å². The molecule has 0 radical (unpaired) electrons.